The zero-order valence-corrected chi connectivity index (χ0v) is 18.2. The summed E-state index contributed by atoms with van der Waals surface area (Å²) in [6.45, 7) is 4.54. The Morgan fingerprint density at radius 1 is 1.00 bits per heavy atom. The quantitative estimate of drug-likeness (QED) is 0.363. The second kappa shape index (κ2) is 5.96. The summed E-state index contributed by atoms with van der Waals surface area (Å²) in [5.74, 6) is 0.943. The third kappa shape index (κ3) is 2.22. The van der Waals surface area contributed by atoms with E-state index in [2.05, 4.69) is 104 Å². The highest BCUT2D eigenvalue weighted by molar-refractivity contribution is 5.90. The maximum atomic E-state index is 6.77. The molecular formula is C23H23IN2O. The molecule has 0 amide bonds. The van der Waals surface area contributed by atoms with E-state index in [1.54, 1.807) is 0 Å². The Morgan fingerprint density at radius 2 is 1.78 bits per heavy atom. The summed E-state index contributed by atoms with van der Waals surface area (Å²) in [7, 11) is 4.21. The van der Waals surface area contributed by atoms with Gasteiger partial charge in [0.2, 0.25) is 11.2 Å². The van der Waals surface area contributed by atoms with E-state index in [9.17, 15) is 0 Å². The smallest absolute Gasteiger partial charge is 0.213 e. The summed E-state index contributed by atoms with van der Waals surface area (Å²) in [6.07, 6.45) is 6.56. The van der Waals surface area contributed by atoms with E-state index in [-0.39, 0.29) is 29.4 Å². The van der Waals surface area contributed by atoms with Crippen LogP contribution in [0.4, 0.5) is 5.69 Å². The van der Waals surface area contributed by atoms with Crippen molar-refractivity contribution in [2.75, 3.05) is 11.9 Å². The van der Waals surface area contributed by atoms with Crippen LogP contribution in [0.15, 0.2) is 60.8 Å². The second-order valence-corrected chi connectivity index (χ2v) is 7.86. The number of anilines is 1. The molecule has 0 bridgehead atoms. The number of likely N-dealkylation sites (N-methyl/N-ethyl adjacent to an activating group) is 1. The number of para-hydroxylation sites is 1. The van der Waals surface area contributed by atoms with Gasteiger partial charge < -0.3 is 33.6 Å². The number of nitrogens with zero attached hydrogens (tertiary/aromatic N) is 2. The number of fused-ring (bicyclic) bond motifs is 4. The van der Waals surface area contributed by atoms with Gasteiger partial charge in [-0.25, -0.2) is 4.57 Å². The van der Waals surface area contributed by atoms with Crippen molar-refractivity contribution in [2.24, 2.45) is 7.05 Å². The van der Waals surface area contributed by atoms with Gasteiger partial charge in [0.25, 0.3) is 0 Å². The molecule has 3 nitrogen and oxygen atoms in total. The maximum absolute atomic E-state index is 6.77. The van der Waals surface area contributed by atoms with Gasteiger partial charge in [0.05, 0.1) is 10.8 Å². The lowest BCUT2D eigenvalue weighted by atomic mass is 9.76. The summed E-state index contributed by atoms with van der Waals surface area (Å²) in [5.41, 5.74) is 4.24. The summed E-state index contributed by atoms with van der Waals surface area (Å²) >= 11 is 0. The van der Waals surface area contributed by atoms with Crippen LogP contribution < -0.4 is 38.2 Å². The standard InChI is InChI=1S/C23H23N2O.HI/c1-22(2)18-9-5-6-10-20(18)25(4)23(22)14-13-17-16-8-7-15-24(3)19(16)11-12-21(17)26-23;/h5-15H,1-4H3;1H/q+1;/p-1/t23-;/m0./s1. The molecule has 2 aliphatic heterocycles. The van der Waals surface area contributed by atoms with Crippen molar-refractivity contribution < 1.29 is 33.3 Å². The van der Waals surface area contributed by atoms with Crippen molar-refractivity contribution in [2.45, 2.75) is 25.0 Å². The zero-order valence-electron chi connectivity index (χ0n) is 16.0. The van der Waals surface area contributed by atoms with Crippen LogP contribution in [-0.2, 0) is 12.5 Å². The lowest BCUT2D eigenvalue weighted by molar-refractivity contribution is -0.644. The Kier molecular flexibility index (Phi) is 4.04. The number of aromatic nitrogens is 1. The number of hydrogen-bond donors (Lipinski definition) is 0. The molecule has 1 atom stereocenters. The number of aryl methyl sites for hydroxylation is 1. The van der Waals surface area contributed by atoms with Crippen LogP contribution in [0.3, 0.4) is 0 Å². The molecule has 0 fully saturated rings. The van der Waals surface area contributed by atoms with Crippen molar-refractivity contribution >= 4 is 22.7 Å². The number of rotatable bonds is 0. The highest BCUT2D eigenvalue weighted by Crippen LogP contribution is 2.54. The van der Waals surface area contributed by atoms with Crippen molar-refractivity contribution in [3.05, 3.63) is 71.9 Å². The van der Waals surface area contributed by atoms with E-state index in [1.807, 2.05) is 0 Å². The van der Waals surface area contributed by atoms with Gasteiger partial charge in [-0.05, 0) is 49.8 Å². The van der Waals surface area contributed by atoms with Crippen LogP contribution in [0.1, 0.15) is 25.0 Å². The molecule has 0 saturated heterocycles. The first kappa shape index (κ1) is 18.3. The average molecular weight is 470 g/mol. The largest absolute Gasteiger partial charge is 1.00 e. The Morgan fingerprint density at radius 3 is 2.56 bits per heavy atom. The Labute approximate surface area is 177 Å². The molecule has 27 heavy (non-hydrogen) atoms. The topological polar surface area (TPSA) is 16.4 Å². The van der Waals surface area contributed by atoms with E-state index in [0.717, 1.165) is 11.3 Å². The van der Waals surface area contributed by atoms with Gasteiger partial charge in [0.15, 0.2) is 6.20 Å². The van der Waals surface area contributed by atoms with E-state index < -0.39 is 5.72 Å². The van der Waals surface area contributed by atoms with Gasteiger partial charge in [-0.15, -0.1) is 0 Å². The molecule has 0 N–H and O–H groups in total. The van der Waals surface area contributed by atoms with Gasteiger partial charge in [0.1, 0.15) is 12.8 Å². The van der Waals surface area contributed by atoms with E-state index in [0.29, 0.717) is 0 Å². The average Bonchev–Trinajstić information content (AvgIpc) is 2.81. The minimum absolute atomic E-state index is 0. The molecule has 2 aliphatic rings. The monoisotopic (exact) mass is 470 g/mol. The highest BCUT2D eigenvalue weighted by Gasteiger charge is 2.57. The van der Waals surface area contributed by atoms with Gasteiger partial charge in [-0.3, -0.25) is 0 Å². The lowest BCUT2D eigenvalue weighted by Crippen LogP contribution is -3.00. The van der Waals surface area contributed by atoms with Crippen molar-refractivity contribution in [1.29, 1.82) is 0 Å². The molecule has 3 aromatic rings. The first-order chi connectivity index (χ1) is 12.5. The number of benzene rings is 2. The van der Waals surface area contributed by atoms with E-state index in [1.165, 1.54) is 22.2 Å². The summed E-state index contributed by atoms with van der Waals surface area (Å²) < 4.78 is 8.92. The first-order valence-electron chi connectivity index (χ1n) is 9.09. The molecule has 0 saturated carbocycles. The van der Waals surface area contributed by atoms with E-state index >= 15 is 0 Å². The van der Waals surface area contributed by atoms with Crippen LogP contribution >= 0.6 is 0 Å². The molecule has 4 heteroatoms. The highest BCUT2D eigenvalue weighted by atomic mass is 127. The fraction of sp³-hybridized carbons (Fsp3) is 0.261. The Bertz CT molecular complexity index is 1090. The molecule has 1 aromatic heterocycles. The van der Waals surface area contributed by atoms with Gasteiger partial charge >= 0.3 is 0 Å². The fourth-order valence-corrected chi connectivity index (χ4v) is 4.70. The summed E-state index contributed by atoms with van der Waals surface area (Å²) in [6, 6.07) is 17.1. The Balaban J connectivity index is 0.00000180. The van der Waals surface area contributed by atoms with Gasteiger partial charge in [-0.1, -0.05) is 18.2 Å². The molecule has 0 aliphatic carbocycles. The van der Waals surface area contributed by atoms with E-state index in [4.69, 9.17) is 4.74 Å². The predicted molar refractivity (Wildman–Crippen MR) is 105 cm³/mol. The normalized spacial score (nSPS) is 21.6. The predicted octanol–water partition coefficient (Wildman–Crippen LogP) is 1.20. The van der Waals surface area contributed by atoms with Crippen molar-refractivity contribution in [3.63, 3.8) is 0 Å². The number of hydrogen-bond acceptors (Lipinski definition) is 2. The summed E-state index contributed by atoms with van der Waals surface area (Å²) in [5, 5.41) is 1.22. The number of ether oxygens (including phenoxy) is 1. The molecule has 0 radical (unpaired) electrons. The van der Waals surface area contributed by atoms with Crippen LogP contribution in [0.25, 0.3) is 17.0 Å². The molecule has 138 valence electrons. The second-order valence-electron chi connectivity index (χ2n) is 7.86. The molecule has 2 aromatic carbocycles. The van der Waals surface area contributed by atoms with Crippen LogP contribution in [0, 0.1) is 0 Å². The third-order valence-electron chi connectivity index (χ3n) is 6.25. The molecular weight excluding hydrogens is 447 g/mol. The maximum Gasteiger partial charge on any atom is 0.213 e. The number of pyridine rings is 1. The SMILES string of the molecule is CN1c2ccccc2C(C)(C)[C@@]12C=Cc1c(ccc3c1ccc[n+]3C)O2.[I-]. The zero-order chi connectivity index (χ0) is 18.1. The van der Waals surface area contributed by atoms with Gasteiger partial charge in [-0.2, -0.15) is 0 Å². The summed E-state index contributed by atoms with van der Waals surface area (Å²) in [4.78, 5) is 2.27. The Hall–Kier alpha value is -2.08. The van der Waals surface area contributed by atoms with Crippen molar-refractivity contribution in [3.8, 4) is 5.75 Å². The lowest BCUT2D eigenvalue weighted by Gasteiger charge is -2.45. The van der Waals surface area contributed by atoms with Gasteiger partial charge in [0, 0.05) is 30.4 Å². The first-order valence-corrected chi connectivity index (χ1v) is 9.09. The number of halogens is 1. The molecule has 3 heterocycles. The third-order valence-corrected chi connectivity index (χ3v) is 6.25. The van der Waals surface area contributed by atoms with Crippen molar-refractivity contribution in [1.82, 2.24) is 0 Å². The minimum atomic E-state index is -0.520. The molecule has 5 rings (SSSR count). The molecule has 1 spiro atoms. The molecule has 0 unspecified atom stereocenters. The van der Waals surface area contributed by atoms with Crippen LogP contribution in [0.5, 0.6) is 5.75 Å². The minimum Gasteiger partial charge on any atom is -1.00 e. The van der Waals surface area contributed by atoms with Crippen LogP contribution in [0.2, 0.25) is 0 Å². The van der Waals surface area contributed by atoms with Crippen LogP contribution in [-0.4, -0.2) is 12.8 Å². The fourth-order valence-electron chi connectivity index (χ4n) is 4.70.